The normalized spacial score (nSPS) is 19.0. The molecule has 1 fully saturated rings. The third-order valence-electron chi connectivity index (χ3n) is 3.91. The Bertz CT molecular complexity index is 481. The van der Waals surface area contributed by atoms with Crippen LogP contribution in [-0.2, 0) is 11.3 Å². The van der Waals surface area contributed by atoms with Gasteiger partial charge in [0.2, 0.25) is 0 Å². The summed E-state index contributed by atoms with van der Waals surface area (Å²) >= 11 is 1.74. The molecule has 0 bridgehead atoms. The average molecular weight is 324 g/mol. The van der Waals surface area contributed by atoms with Gasteiger partial charge in [0.25, 0.3) is 0 Å². The van der Waals surface area contributed by atoms with Crippen LogP contribution in [0.3, 0.4) is 0 Å². The van der Waals surface area contributed by atoms with Gasteiger partial charge in [0, 0.05) is 37.0 Å². The van der Waals surface area contributed by atoms with Crippen molar-refractivity contribution in [2.75, 3.05) is 32.8 Å². The van der Waals surface area contributed by atoms with Crippen LogP contribution >= 0.6 is 11.3 Å². The Balaban J connectivity index is 1.95. The van der Waals surface area contributed by atoms with E-state index in [4.69, 9.17) is 9.73 Å². The molecule has 124 valence electrons. The van der Waals surface area contributed by atoms with Crippen molar-refractivity contribution in [1.82, 2.24) is 15.2 Å². The molecule has 0 aliphatic carbocycles. The van der Waals surface area contributed by atoms with Gasteiger partial charge in [0.1, 0.15) is 5.01 Å². The Morgan fingerprint density at radius 3 is 2.91 bits per heavy atom. The van der Waals surface area contributed by atoms with Gasteiger partial charge in [-0.25, -0.2) is 9.98 Å². The minimum absolute atomic E-state index is 0.619. The third kappa shape index (κ3) is 4.68. The number of ether oxygens (including phenoxy) is 1. The smallest absolute Gasteiger partial charge is 0.194 e. The Kier molecular flexibility index (Phi) is 6.64. The third-order valence-corrected chi connectivity index (χ3v) is 4.97. The van der Waals surface area contributed by atoms with Crippen LogP contribution in [0.15, 0.2) is 4.99 Å². The summed E-state index contributed by atoms with van der Waals surface area (Å²) in [6.07, 6.45) is 1.18. The van der Waals surface area contributed by atoms with Crippen molar-refractivity contribution >= 4 is 17.3 Å². The van der Waals surface area contributed by atoms with E-state index in [2.05, 4.69) is 42.9 Å². The maximum absolute atomic E-state index is 5.56. The molecule has 0 spiro atoms. The first-order valence-electron chi connectivity index (χ1n) is 8.17. The van der Waals surface area contributed by atoms with Crippen LogP contribution in [0.5, 0.6) is 0 Å². The first-order valence-corrected chi connectivity index (χ1v) is 8.99. The van der Waals surface area contributed by atoms with Crippen molar-refractivity contribution in [3.63, 3.8) is 0 Å². The maximum atomic E-state index is 5.56. The molecular weight excluding hydrogens is 296 g/mol. The monoisotopic (exact) mass is 324 g/mol. The number of nitrogens with one attached hydrogen (secondary N) is 1. The molecule has 2 rings (SSSR count). The minimum atomic E-state index is 0.619. The van der Waals surface area contributed by atoms with Crippen LogP contribution in [0, 0.1) is 19.8 Å². The van der Waals surface area contributed by atoms with E-state index in [1.54, 1.807) is 11.3 Å². The van der Waals surface area contributed by atoms with E-state index in [0.717, 1.165) is 49.5 Å². The summed E-state index contributed by atoms with van der Waals surface area (Å²) in [4.78, 5) is 13.0. The molecule has 0 aromatic carbocycles. The molecule has 6 heteroatoms. The quantitative estimate of drug-likeness (QED) is 0.645. The summed E-state index contributed by atoms with van der Waals surface area (Å²) in [5.41, 5.74) is 1.12. The lowest BCUT2D eigenvalue weighted by Gasteiger charge is -2.21. The van der Waals surface area contributed by atoms with Crippen LogP contribution in [-0.4, -0.2) is 48.7 Å². The molecule has 0 saturated carbocycles. The summed E-state index contributed by atoms with van der Waals surface area (Å²) in [5.74, 6) is 1.63. The molecule has 1 unspecified atom stereocenters. The molecule has 1 aromatic heterocycles. The summed E-state index contributed by atoms with van der Waals surface area (Å²) in [5, 5.41) is 4.50. The van der Waals surface area contributed by atoms with E-state index in [-0.39, 0.29) is 0 Å². The Labute approximate surface area is 137 Å². The highest BCUT2D eigenvalue weighted by molar-refractivity contribution is 7.11. The van der Waals surface area contributed by atoms with Crippen LogP contribution in [0.4, 0.5) is 0 Å². The topological polar surface area (TPSA) is 49.8 Å². The molecule has 1 N–H and O–H groups in total. The van der Waals surface area contributed by atoms with E-state index in [0.29, 0.717) is 12.5 Å². The van der Waals surface area contributed by atoms with E-state index >= 15 is 0 Å². The summed E-state index contributed by atoms with van der Waals surface area (Å²) < 4.78 is 5.56. The Hall–Kier alpha value is -1.14. The minimum Gasteiger partial charge on any atom is -0.381 e. The van der Waals surface area contributed by atoms with Crippen molar-refractivity contribution in [2.24, 2.45) is 10.9 Å². The summed E-state index contributed by atoms with van der Waals surface area (Å²) in [6, 6.07) is 0. The lowest BCUT2D eigenvalue weighted by molar-refractivity contribution is 0.114. The van der Waals surface area contributed by atoms with Crippen LogP contribution in [0.2, 0.25) is 0 Å². The molecule has 1 aliphatic heterocycles. The van der Waals surface area contributed by atoms with Gasteiger partial charge in [-0.2, -0.15) is 0 Å². The number of thiazole rings is 1. The zero-order chi connectivity index (χ0) is 15.9. The summed E-state index contributed by atoms with van der Waals surface area (Å²) in [7, 11) is 0. The van der Waals surface area contributed by atoms with Gasteiger partial charge in [-0.3, -0.25) is 0 Å². The van der Waals surface area contributed by atoms with Crippen molar-refractivity contribution in [3.8, 4) is 0 Å². The zero-order valence-corrected chi connectivity index (χ0v) is 15.0. The molecule has 1 atom stereocenters. The number of aliphatic imine (C=N–C) groups is 1. The van der Waals surface area contributed by atoms with E-state index in [1.165, 1.54) is 11.3 Å². The molecule has 22 heavy (non-hydrogen) atoms. The standard InChI is InChI=1S/C16H28N4OS/c1-5-17-16(18-9-15-19-12(3)13(4)22-15)20-8-7-14(10-20)11-21-6-2/h14H,5-11H2,1-4H3,(H,17,18). The number of hydrogen-bond acceptors (Lipinski definition) is 4. The highest BCUT2D eigenvalue weighted by Crippen LogP contribution is 2.19. The fraction of sp³-hybridized carbons (Fsp3) is 0.750. The SMILES string of the molecule is CCNC(=NCc1nc(C)c(C)s1)N1CCC(COCC)C1. The number of nitrogens with zero attached hydrogens (tertiary/aromatic N) is 3. The maximum Gasteiger partial charge on any atom is 0.194 e. The fourth-order valence-corrected chi connectivity index (χ4v) is 3.48. The first kappa shape index (κ1) is 17.2. The van der Waals surface area contributed by atoms with Gasteiger partial charge in [0.15, 0.2) is 5.96 Å². The molecule has 0 amide bonds. The van der Waals surface area contributed by atoms with Crippen LogP contribution in [0.25, 0.3) is 0 Å². The molecule has 0 radical (unpaired) electrons. The number of rotatable bonds is 6. The van der Waals surface area contributed by atoms with Gasteiger partial charge in [0.05, 0.1) is 18.8 Å². The second kappa shape index (κ2) is 8.48. The predicted molar refractivity (Wildman–Crippen MR) is 92.6 cm³/mol. The highest BCUT2D eigenvalue weighted by Gasteiger charge is 2.24. The van der Waals surface area contributed by atoms with E-state index in [9.17, 15) is 0 Å². The molecule has 1 aromatic rings. The summed E-state index contributed by atoms with van der Waals surface area (Å²) in [6.45, 7) is 13.6. The van der Waals surface area contributed by atoms with Crippen LogP contribution < -0.4 is 5.32 Å². The second-order valence-corrected chi connectivity index (χ2v) is 6.97. The largest absolute Gasteiger partial charge is 0.381 e. The molecule has 5 nitrogen and oxygen atoms in total. The second-order valence-electron chi connectivity index (χ2n) is 5.68. The lowest BCUT2D eigenvalue weighted by Crippen LogP contribution is -2.40. The number of hydrogen-bond donors (Lipinski definition) is 1. The average Bonchev–Trinajstić information content (AvgIpc) is 3.09. The van der Waals surface area contributed by atoms with Gasteiger partial charge in [-0.1, -0.05) is 0 Å². The van der Waals surface area contributed by atoms with Crippen molar-refractivity contribution in [3.05, 3.63) is 15.6 Å². The van der Waals surface area contributed by atoms with Crippen molar-refractivity contribution < 1.29 is 4.74 Å². The van der Waals surface area contributed by atoms with Gasteiger partial charge in [-0.05, 0) is 34.1 Å². The predicted octanol–water partition coefficient (Wildman–Crippen LogP) is 2.58. The Morgan fingerprint density at radius 2 is 2.27 bits per heavy atom. The van der Waals surface area contributed by atoms with Gasteiger partial charge >= 0.3 is 0 Å². The van der Waals surface area contributed by atoms with Gasteiger partial charge < -0.3 is 15.0 Å². The molecule has 2 heterocycles. The van der Waals surface area contributed by atoms with Crippen molar-refractivity contribution in [1.29, 1.82) is 0 Å². The van der Waals surface area contributed by atoms with E-state index in [1.807, 2.05) is 0 Å². The molecular formula is C16H28N4OS. The molecule has 1 aliphatic rings. The Morgan fingerprint density at radius 1 is 1.45 bits per heavy atom. The fourth-order valence-electron chi connectivity index (χ4n) is 2.62. The molecule has 1 saturated heterocycles. The number of aryl methyl sites for hydroxylation is 2. The lowest BCUT2D eigenvalue weighted by atomic mass is 10.1. The van der Waals surface area contributed by atoms with Gasteiger partial charge in [-0.15, -0.1) is 11.3 Å². The number of aromatic nitrogens is 1. The first-order chi connectivity index (χ1) is 10.6. The number of guanidine groups is 1. The zero-order valence-electron chi connectivity index (χ0n) is 14.2. The van der Waals surface area contributed by atoms with E-state index < -0.39 is 0 Å². The highest BCUT2D eigenvalue weighted by atomic mass is 32.1. The van der Waals surface area contributed by atoms with Crippen molar-refractivity contribution in [2.45, 2.75) is 40.7 Å². The van der Waals surface area contributed by atoms with Crippen LogP contribution in [0.1, 0.15) is 35.8 Å². The number of likely N-dealkylation sites (tertiary alicyclic amines) is 1.